The molecule has 1 rings (SSSR count). The zero-order valence-corrected chi connectivity index (χ0v) is 11.0. The fourth-order valence-corrected chi connectivity index (χ4v) is 3.15. The van der Waals surface area contributed by atoms with E-state index in [9.17, 15) is 9.00 Å². The highest BCUT2D eigenvalue weighted by Gasteiger charge is 2.28. The normalized spacial score (nSPS) is 13.9. The maximum absolute atomic E-state index is 12.1. The number of aromatic nitrogens is 1. The molecule has 0 fully saturated rings. The number of carboxylic acids is 1. The van der Waals surface area contributed by atoms with Gasteiger partial charge in [-0.25, -0.2) is 4.98 Å². The molecule has 1 aromatic heterocycles. The van der Waals surface area contributed by atoms with Gasteiger partial charge in [-0.1, -0.05) is 19.9 Å². The maximum Gasteiger partial charge on any atom is 0.319 e. The molecule has 0 amide bonds. The Labute approximate surface area is 108 Å². The van der Waals surface area contributed by atoms with Crippen LogP contribution in [-0.2, 0) is 21.3 Å². The molecular formula is C12H14N2O3S. The minimum atomic E-state index is -1.57. The molecular weight excluding hydrogens is 252 g/mol. The van der Waals surface area contributed by atoms with Crippen molar-refractivity contribution < 1.29 is 14.1 Å². The summed E-state index contributed by atoms with van der Waals surface area (Å²) < 4.78 is 12.1. The van der Waals surface area contributed by atoms with E-state index in [1.165, 1.54) is 6.20 Å². The monoisotopic (exact) mass is 266 g/mol. The van der Waals surface area contributed by atoms with Gasteiger partial charge in [0.2, 0.25) is 0 Å². The van der Waals surface area contributed by atoms with E-state index in [4.69, 9.17) is 10.4 Å². The Balaban J connectivity index is 2.94. The van der Waals surface area contributed by atoms with Crippen LogP contribution in [0.15, 0.2) is 18.3 Å². The van der Waals surface area contributed by atoms with Crippen LogP contribution in [0.25, 0.3) is 0 Å². The number of pyridine rings is 1. The first-order valence-corrected chi connectivity index (χ1v) is 6.79. The fourth-order valence-electron chi connectivity index (χ4n) is 1.60. The minimum Gasteiger partial charge on any atom is -0.480 e. The molecule has 0 bridgehead atoms. The minimum absolute atomic E-state index is 0.0336. The highest BCUT2D eigenvalue weighted by atomic mass is 32.2. The first-order chi connectivity index (χ1) is 8.47. The highest BCUT2D eigenvalue weighted by molar-refractivity contribution is 7.85. The molecule has 2 atom stereocenters. The molecule has 2 unspecified atom stereocenters. The summed E-state index contributed by atoms with van der Waals surface area (Å²) >= 11 is 0. The second-order valence-corrected chi connectivity index (χ2v) is 5.71. The van der Waals surface area contributed by atoms with Gasteiger partial charge in [0.05, 0.1) is 5.75 Å². The van der Waals surface area contributed by atoms with Crippen molar-refractivity contribution in [1.82, 2.24) is 4.98 Å². The maximum atomic E-state index is 12.1. The Morgan fingerprint density at radius 1 is 1.61 bits per heavy atom. The second kappa shape index (κ2) is 6.26. The predicted octanol–water partition coefficient (Wildman–Crippen LogP) is 1.31. The Bertz CT molecular complexity index is 508. The Morgan fingerprint density at radius 3 is 2.78 bits per heavy atom. The lowest BCUT2D eigenvalue weighted by Crippen LogP contribution is -2.31. The molecule has 0 radical (unpaired) electrons. The van der Waals surface area contributed by atoms with Crippen molar-refractivity contribution in [2.45, 2.75) is 24.9 Å². The van der Waals surface area contributed by atoms with Gasteiger partial charge in [0.1, 0.15) is 17.0 Å². The topological polar surface area (TPSA) is 91.0 Å². The Kier molecular flexibility index (Phi) is 4.98. The predicted molar refractivity (Wildman–Crippen MR) is 67.1 cm³/mol. The van der Waals surface area contributed by atoms with Crippen molar-refractivity contribution in [1.29, 1.82) is 5.26 Å². The fraction of sp³-hybridized carbons (Fsp3) is 0.417. The van der Waals surface area contributed by atoms with Crippen LogP contribution in [0.4, 0.5) is 0 Å². The summed E-state index contributed by atoms with van der Waals surface area (Å²) in [5.41, 5.74) is 0.712. The molecule has 0 aliphatic rings. The number of hydrogen-bond acceptors (Lipinski definition) is 4. The second-order valence-electron chi connectivity index (χ2n) is 4.15. The van der Waals surface area contributed by atoms with Crippen molar-refractivity contribution >= 4 is 16.8 Å². The van der Waals surface area contributed by atoms with Crippen LogP contribution in [0.2, 0.25) is 0 Å². The lowest BCUT2D eigenvalue weighted by atomic mass is 10.1. The molecule has 96 valence electrons. The van der Waals surface area contributed by atoms with Crippen molar-refractivity contribution in [2.75, 3.05) is 0 Å². The Morgan fingerprint density at radius 2 is 2.28 bits per heavy atom. The van der Waals surface area contributed by atoms with Crippen LogP contribution >= 0.6 is 0 Å². The third-order valence-corrected chi connectivity index (χ3v) is 4.33. The third-order valence-electron chi connectivity index (χ3n) is 2.43. The number of aliphatic carboxylic acids is 1. The van der Waals surface area contributed by atoms with E-state index in [-0.39, 0.29) is 17.4 Å². The van der Waals surface area contributed by atoms with Crippen LogP contribution in [0.5, 0.6) is 0 Å². The standard InChI is InChI=1S/C12H14N2O3S/c1-8(2)11(12(15)16)18(17)7-9-4-3-5-14-10(9)6-13/h3-5,8,11H,7H2,1-2H3,(H,15,16). The van der Waals surface area contributed by atoms with Crippen molar-refractivity contribution in [2.24, 2.45) is 5.92 Å². The SMILES string of the molecule is CC(C)C(C(=O)O)S(=O)Cc1cccnc1C#N. The van der Waals surface area contributed by atoms with Crippen LogP contribution in [0.1, 0.15) is 25.1 Å². The highest BCUT2D eigenvalue weighted by Crippen LogP contribution is 2.15. The van der Waals surface area contributed by atoms with Gasteiger partial charge >= 0.3 is 5.97 Å². The first kappa shape index (κ1) is 14.3. The van der Waals surface area contributed by atoms with Crippen molar-refractivity contribution in [3.63, 3.8) is 0 Å². The first-order valence-electron chi connectivity index (χ1n) is 5.41. The molecule has 1 heterocycles. The average Bonchev–Trinajstić information content (AvgIpc) is 2.28. The summed E-state index contributed by atoms with van der Waals surface area (Å²) in [6.45, 7) is 3.43. The molecule has 6 heteroatoms. The zero-order chi connectivity index (χ0) is 13.7. The summed E-state index contributed by atoms with van der Waals surface area (Å²) in [6.07, 6.45) is 1.47. The van der Waals surface area contributed by atoms with Gasteiger partial charge in [-0.3, -0.25) is 9.00 Å². The van der Waals surface area contributed by atoms with Crippen molar-refractivity contribution in [3.8, 4) is 6.07 Å². The van der Waals surface area contributed by atoms with E-state index in [1.807, 2.05) is 6.07 Å². The third kappa shape index (κ3) is 3.37. The molecule has 1 aromatic rings. The number of carboxylic acid groups (broad SMARTS) is 1. The van der Waals surface area contributed by atoms with Gasteiger partial charge in [-0.2, -0.15) is 5.26 Å². The van der Waals surface area contributed by atoms with Crippen LogP contribution in [-0.4, -0.2) is 25.5 Å². The molecule has 1 N–H and O–H groups in total. The summed E-state index contributed by atoms with van der Waals surface area (Å²) in [5, 5.41) is 17.0. The Hall–Kier alpha value is -1.74. The summed E-state index contributed by atoms with van der Waals surface area (Å²) in [7, 11) is -1.57. The molecule has 0 aliphatic heterocycles. The molecule has 0 aromatic carbocycles. The van der Waals surface area contributed by atoms with Gasteiger partial charge in [-0.05, 0) is 12.0 Å². The zero-order valence-electron chi connectivity index (χ0n) is 10.2. The van der Waals surface area contributed by atoms with E-state index >= 15 is 0 Å². The van der Waals surface area contributed by atoms with Gasteiger partial charge < -0.3 is 5.11 Å². The quantitative estimate of drug-likeness (QED) is 0.867. The number of nitrogens with zero attached hydrogens (tertiary/aromatic N) is 2. The van der Waals surface area contributed by atoms with Crippen LogP contribution < -0.4 is 0 Å². The molecule has 0 spiro atoms. The molecule has 18 heavy (non-hydrogen) atoms. The molecule has 0 saturated heterocycles. The molecule has 0 saturated carbocycles. The number of hydrogen-bond donors (Lipinski definition) is 1. The molecule has 5 nitrogen and oxygen atoms in total. The van der Waals surface area contributed by atoms with Gasteiger partial charge in [0.25, 0.3) is 0 Å². The van der Waals surface area contributed by atoms with Crippen LogP contribution in [0, 0.1) is 17.2 Å². The molecule has 0 aliphatic carbocycles. The smallest absolute Gasteiger partial charge is 0.319 e. The van der Waals surface area contributed by atoms with Crippen molar-refractivity contribution in [3.05, 3.63) is 29.6 Å². The van der Waals surface area contributed by atoms with Gasteiger partial charge in [-0.15, -0.1) is 0 Å². The number of nitriles is 1. The largest absolute Gasteiger partial charge is 0.480 e. The van der Waals surface area contributed by atoms with Crippen LogP contribution in [0.3, 0.4) is 0 Å². The summed E-state index contributed by atoms with van der Waals surface area (Å²) in [4.78, 5) is 14.9. The van der Waals surface area contributed by atoms with E-state index in [0.717, 1.165) is 0 Å². The van der Waals surface area contributed by atoms with E-state index in [2.05, 4.69) is 4.98 Å². The summed E-state index contributed by atoms with van der Waals surface area (Å²) in [5.74, 6) is -1.28. The lowest BCUT2D eigenvalue weighted by molar-refractivity contribution is -0.137. The number of carbonyl (C=O) groups is 1. The van der Waals surface area contributed by atoms with E-state index in [1.54, 1.807) is 26.0 Å². The average molecular weight is 266 g/mol. The van der Waals surface area contributed by atoms with E-state index in [0.29, 0.717) is 5.56 Å². The van der Waals surface area contributed by atoms with Gasteiger partial charge in [0.15, 0.2) is 0 Å². The number of rotatable bonds is 5. The lowest BCUT2D eigenvalue weighted by Gasteiger charge is -2.15. The van der Waals surface area contributed by atoms with E-state index < -0.39 is 22.0 Å². The summed E-state index contributed by atoms with van der Waals surface area (Å²) in [6, 6.07) is 5.18. The van der Waals surface area contributed by atoms with Gasteiger partial charge in [0, 0.05) is 22.6 Å².